The third-order valence-electron chi connectivity index (χ3n) is 6.69. The monoisotopic (exact) mass is 522 g/mol. The minimum atomic E-state index is -1.01. The van der Waals surface area contributed by atoms with E-state index in [9.17, 15) is 24.3 Å². The number of nitrogens with two attached hydrogens (primary N) is 1. The molecule has 1 heterocycles. The van der Waals surface area contributed by atoms with Crippen molar-refractivity contribution >= 4 is 23.7 Å². The van der Waals surface area contributed by atoms with Crippen LogP contribution in [0.2, 0.25) is 0 Å². The Hall–Kier alpha value is -3.72. The molecule has 0 aromatic heterocycles. The van der Waals surface area contributed by atoms with Gasteiger partial charge in [-0.1, -0.05) is 67.6 Å². The fraction of sp³-hybridized carbons (Fsp3) is 0.448. The molecule has 1 aliphatic heterocycles. The van der Waals surface area contributed by atoms with Gasteiger partial charge in [-0.2, -0.15) is 0 Å². The molecule has 0 saturated carbocycles. The topological polar surface area (TPSA) is 133 Å². The number of hydrogen-bond donors (Lipinski definition) is 3. The molecule has 204 valence electrons. The number of hydrogen-bond acceptors (Lipinski definition) is 5. The molecule has 9 heteroatoms. The number of nitrogens with zero attached hydrogens (tertiary/aromatic N) is 2. The Labute approximate surface area is 224 Å². The van der Waals surface area contributed by atoms with Crippen molar-refractivity contribution < 1.29 is 24.3 Å². The lowest BCUT2D eigenvalue weighted by Gasteiger charge is -2.31. The van der Waals surface area contributed by atoms with Crippen LogP contribution < -0.4 is 11.1 Å². The number of aliphatic carboxylic acids is 1. The summed E-state index contributed by atoms with van der Waals surface area (Å²) in [4.78, 5) is 54.1. The number of carbonyl (C=O) groups is 4. The van der Waals surface area contributed by atoms with Crippen LogP contribution in [0.4, 0.5) is 0 Å². The van der Waals surface area contributed by atoms with Crippen molar-refractivity contribution in [3.05, 3.63) is 71.8 Å². The van der Waals surface area contributed by atoms with Gasteiger partial charge in [0.15, 0.2) is 0 Å². The number of benzene rings is 2. The smallest absolute Gasteiger partial charge is 0.305 e. The van der Waals surface area contributed by atoms with Gasteiger partial charge in [-0.3, -0.25) is 19.2 Å². The van der Waals surface area contributed by atoms with Crippen LogP contribution in [0.1, 0.15) is 43.7 Å². The van der Waals surface area contributed by atoms with Gasteiger partial charge in [-0.05, 0) is 43.2 Å². The molecule has 0 aliphatic carbocycles. The molecule has 1 fully saturated rings. The lowest BCUT2D eigenvalue weighted by Crippen LogP contribution is -2.54. The molecule has 1 aliphatic rings. The Bertz CT molecular complexity index is 1080. The summed E-state index contributed by atoms with van der Waals surface area (Å²) in [7, 11) is 0. The number of amides is 3. The summed E-state index contributed by atoms with van der Waals surface area (Å²) >= 11 is 0. The molecule has 0 spiro atoms. The minimum absolute atomic E-state index is 0.202. The molecule has 0 unspecified atom stereocenters. The van der Waals surface area contributed by atoms with Gasteiger partial charge < -0.3 is 26.0 Å². The molecule has 0 radical (unpaired) electrons. The van der Waals surface area contributed by atoms with E-state index in [0.29, 0.717) is 45.2 Å². The highest BCUT2D eigenvalue weighted by atomic mass is 16.4. The van der Waals surface area contributed by atoms with Crippen molar-refractivity contribution in [3.8, 4) is 0 Å². The van der Waals surface area contributed by atoms with Crippen molar-refractivity contribution in [1.29, 1.82) is 0 Å². The van der Waals surface area contributed by atoms with Gasteiger partial charge in [0.2, 0.25) is 17.7 Å². The van der Waals surface area contributed by atoms with Crippen LogP contribution >= 0.6 is 0 Å². The van der Waals surface area contributed by atoms with Crippen LogP contribution in [-0.2, 0) is 32.0 Å². The molecule has 2 aromatic carbocycles. The molecule has 3 amide bonds. The number of nitrogens with one attached hydrogen (secondary N) is 1. The lowest BCUT2D eigenvalue weighted by molar-refractivity contribution is -0.146. The number of carboxylic acids is 1. The summed E-state index contributed by atoms with van der Waals surface area (Å²) in [5.41, 5.74) is 8.10. The molecule has 3 atom stereocenters. The fourth-order valence-corrected chi connectivity index (χ4v) is 4.93. The largest absolute Gasteiger partial charge is 0.481 e. The zero-order chi connectivity index (χ0) is 27.5. The van der Waals surface area contributed by atoms with Gasteiger partial charge >= 0.3 is 5.97 Å². The first kappa shape index (κ1) is 28.8. The highest BCUT2D eigenvalue weighted by Gasteiger charge is 2.38. The van der Waals surface area contributed by atoms with E-state index in [1.54, 1.807) is 4.90 Å². The second kappa shape index (κ2) is 14.3. The Kier molecular flexibility index (Phi) is 10.8. The van der Waals surface area contributed by atoms with Gasteiger partial charge in [0, 0.05) is 19.1 Å². The molecule has 9 nitrogen and oxygen atoms in total. The third kappa shape index (κ3) is 8.41. The average molecular weight is 523 g/mol. The first-order valence-electron chi connectivity index (χ1n) is 13.2. The zero-order valence-electron chi connectivity index (χ0n) is 21.9. The summed E-state index contributed by atoms with van der Waals surface area (Å²) in [5, 5.41) is 12.1. The molecule has 3 rings (SSSR count). The molecule has 4 N–H and O–H groups in total. The van der Waals surface area contributed by atoms with Crippen molar-refractivity contribution in [2.75, 3.05) is 19.6 Å². The van der Waals surface area contributed by atoms with E-state index in [0.717, 1.165) is 11.1 Å². The van der Waals surface area contributed by atoms with Crippen molar-refractivity contribution in [2.45, 2.75) is 63.6 Å². The predicted octanol–water partition coefficient (Wildman–Crippen LogP) is 1.99. The highest BCUT2D eigenvalue weighted by Crippen LogP contribution is 2.21. The Morgan fingerprint density at radius 3 is 2.21 bits per heavy atom. The summed E-state index contributed by atoms with van der Waals surface area (Å²) in [6, 6.07) is 16.8. The molecular formula is C29H38N4O5. The Balaban J connectivity index is 1.64. The summed E-state index contributed by atoms with van der Waals surface area (Å²) in [6.07, 6.45) is 2.35. The maximum Gasteiger partial charge on any atom is 0.305 e. The Morgan fingerprint density at radius 1 is 1.03 bits per heavy atom. The first-order valence-corrected chi connectivity index (χ1v) is 13.2. The molecule has 2 aromatic rings. The maximum atomic E-state index is 13.5. The lowest BCUT2D eigenvalue weighted by atomic mass is 10.0. The van der Waals surface area contributed by atoms with Crippen molar-refractivity contribution in [3.63, 3.8) is 0 Å². The van der Waals surface area contributed by atoms with Crippen LogP contribution in [0.5, 0.6) is 0 Å². The Morgan fingerprint density at radius 2 is 1.63 bits per heavy atom. The second-order valence-corrected chi connectivity index (χ2v) is 9.80. The van der Waals surface area contributed by atoms with E-state index in [-0.39, 0.29) is 24.8 Å². The van der Waals surface area contributed by atoms with E-state index >= 15 is 0 Å². The summed E-state index contributed by atoms with van der Waals surface area (Å²) in [6.45, 7) is 2.51. The van der Waals surface area contributed by atoms with E-state index in [2.05, 4.69) is 5.32 Å². The number of likely N-dealkylation sites (tertiary alicyclic amines) is 1. The van der Waals surface area contributed by atoms with Crippen LogP contribution in [-0.4, -0.2) is 76.4 Å². The molecule has 1 saturated heterocycles. The maximum absolute atomic E-state index is 13.5. The molecular weight excluding hydrogens is 484 g/mol. The number of carboxylic acid groups (broad SMARTS) is 1. The molecule has 38 heavy (non-hydrogen) atoms. The van der Waals surface area contributed by atoms with E-state index in [4.69, 9.17) is 5.73 Å². The van der Waals surface area contributed by atoms with Crippen LogP contribution in [0, 0.1) is 0 Å². The van der Waals surface area contributed by atoms with Gasteiger partial charge in [0.25, 0.3) is 0 Å². The summed E-state index contributed by atoms with van der Waals surface area (Å²) < 4.78 is 0. The number of rotatable bonds is 13. The molecule has 0 bridgehead atoms. The van der Waals surface area contributed by atoms with E-state index < -0.39 is 30.0 Å². The first-order chi connectivity index (χ1) is 18.3. The standard InChI is InChI=1S/C29H38N4O5/c1-2-15-32(20-26(34)31-23(19-27(35)36)17-21-10-5-3-6-11-21)29(38)25-14-9-16-33(25)28(37)24(30)18-22-12-7-4-8-13-22/h3-8,10-13,23-25H,2,9,14-20,30H2,1H3,(H,31,34)(H,35,36)/t23-,24+,25+/m0/s1. The normalized spacial score (nSPS) is 16.5. The van der Waals surface area contributed by atoms with E-state index in [1.165, 1.54) is 4.90 Å². The quantitative estimate of drug-likeness (QED) is 0.369. The van der Waals surface area contributed by atoms with Crippen molar-refractivity contribution in [1.82, 2.24) is 15.1 Å². The predicted molar refractivity (Wildman–Crippen MR) is 144 cm³/mol. The SMILES string of the molecule is CCCN(CC(=O)N[C@H](CC(=O)O)Cc1ccccc1)C(=O)[C@H]1CCCN1C(=O)[C@H](N)Cc1ccccc1. The highest BCUT2D eigenvalue weighted by molar-refractivity contribution is 5.92. The van der Waals surface area contributed by atoms with Crippen molar-refractivity contribution in [2.24, 2.45) is 5.73 Å². The number of carbonyl (C=O) groups excluding carboxylic acids is 3. The van der Waals surface area contributed by atoms with E-state index in [1.807, 2.05) is 67.6 Å². The average Bonchev–Trinajstić information content (AvgIpc) is 3.38. The summed E-state index contributed by atoms with van der Waals surface area (Å²) in [5.74, 6) is -1.99. The van der Waals surface area contributed by atoms with Crippen LogP contribution in [0.15, 0.2) is 60.7 Å². The van der Waals surface area contributed by atoms with Crippen LogP contribution in [0.25, 0.3) is 0 Å². The van der Waals surface area contributed by atoms with Gasteiger partial charge in [0.05, 0.1) is 19.0 Å². The second-order valence-electron chi connectivity index (χ2n) is 9.80. The third-order valence-corrected chi connectivity index (χ3v) is 6.69. The van der Waals surface area contributed by atoms with Gasteiger partial charge in [-0.15, -0.1) is 0 Å². The zero-order valence-corrected chi connectivity index (χ0v) is 21.9. The van der Waals surface area contributed by atoms with Gasteiger partial charge in [0.1, 0.15) is 6.04 Å². The van der Waals surface area contributed by atoms with Crippen LogP contribution in [0.3, 0.4) is 0 Å². The fourth-order valence-electron chi connectivity index (χ4n) is 4.93. The minimum Gasteiger partial charge on any atom is -0.481 e. The van der Waals surface area contributed by atoms with Gasteiger partial charge in [-0.25, -0.2) is 0 Å².